The first-order chi connectivity index (χ1) is 10.1. The highest BCUT2D eigenvalue weighted by Gasteiger charge is 2.47. The van der Waals surface area contributed by atoms with Crippen molar-refractivity contribution in [2.45, 2.75) is 58.2 Å². The summed E-state index contributed by atoms with van der Waals surface area (Å²) in [5, 5.41) is 0. The zero-order valence-electron chi connectivity index (χ0n) is 13.4. The Morgan fingerprint density at radius 3 is 2.38 bits per heavy atom. The lowest BCUT2D eigenvalue weighted by Gasteiger charge is -2.51. The summed E-state index contributed by atoms with van der Waals surface area (Å²) < 4.78 is 12.5. The summed E-state index contributed by atoms with van der Waals surface area (Å²) in [5.41, 5.74) is 1.38. The fourth-order valence-electron chi connectivity index (χ4n) is 3.79. The molecule has 2 fully saturated rings. The lowest BCUT2D eigenvalue weighted by Crippen LogP contribution is -2.58. The molecule has 0 saturated carbocycles. The summed E-state index contributed by atoms with van der Waals surface area (Å²) in [5.74, 6) is 0.0461. The molecule has 2 aliphatic heterocycles. The van der Waals surface area contributed by atoms with Crippen molar-refractivity contribution in [2.24, 2.45) is 5.92 Å². The van der Waals surface area contributed by atoms with E-state index in [1.165, 1.54) is 5.56 Å². The topological polar surface area (TPSA) is 21.7 Å². The molecule has 0 aromatic heterocycles. The van der Waals surface area contributed by atoms with E-state index in [2.05, 4.69) is 56.0 Å². The number of benzene rings is 1. The standard InChI is InChI=1S/C18H27NO2/c1-14-12-19(13-17-7-5-4-6-8-17)10-9-18(14)20-15(2)11-16(3)21-18/h4-8,14-16H,9-13H2,1-3H3/t14-,15-,16-/m1/s1. The molecule has 3 heteroatoms. The van der Waals surface area contributed by atoms with Gasteiger partial charge >= 0.3 is 0 Å². The second kappa shape index (κ2) is 6.07. The summed E-state index contributed by atoms with van der Waals surface area (Å²) in [6.07, 6.45) is 2.58. The van der Waals surface area contributed by atoms with Gasteiger partial charge in [0.15, 0.2) is 5.79 Å². The van der Waals surface area contributed by atoms with E-state index in [4.69, 9.17) is 9.47 Å². The van der Waals surface area contributed by atoms with Crippen molar-refractivity contribution >= 4 is 0 Å². The van der Waals surface area contributed by atoms with Gasteiger partial charge in [0.2, 0.25) is 0 Å². The molecule has 0 unspecified atom stereocenters. The molecule has 3 rings (SSSR count). The summed E-state index contributed by atoms with van der Waals surface area (Å²) >= 11 is 0. The second-order valence-corrected chi connectivity index (χ2v) is 6.78. The van der Waals surface area contributed by atoms with Gasteiger partial charge in [-0.3, -0.25) is 4.90 Å². The molecule has 0 N–H and O–H groups in total. The Kier molecular flexibility index (Phi) is 4.34. The van der Waals surface area contributed by atoms with Crippen LogP contribution in [-0.4, -0.2) is 36.0 Å². The molecule has 21 heavy (non-hydrogen) atoms. The van der Waals surface area contributed by atoms with Gasteiger partial charge in [-0.05, 0) is 25.8 Å². The first-order valence-corrected chi connectivity index (χ1v) is 8.19. The van der Waals surface area contributed by atoms with Crippen LogP contribution in [0.25, 0.3) is 0 Å². The molecule has 1 aromatic carbocycles. The third-order valence-electron chi connectivity index (χ3n) is 4.77. The highest BCUT2D eigenvalue weighted by atomic mass is 16.7. The zero-order chi connectivity index (χ0) is 14.9. The quantitative estimate of drug-likeness (QED) is 0.832. The van der Waals surface area contributed by atoms with Gasteiger partial charge in [-0.25, -0.2) is 0 Å². The fourth-order valence-corrected chi connectivity index (χ4v) is 3.79. The Morgan fingerprint density at radius 2 is 1.76 bits per heavy atom. The van der Waals surface area contributed by atoms with Crippen molar-refractivity contribution in [1.82, 2.24) is 4.90 Å². The van der Waals surface area contributed by atoms with Crippen molar-refractivity contribution < 1.29 is 9.47 Å². The first kappa shape index (κ1) is 15.0. The molecule has 3 nitrogen and oxygen atoms in total. The minimum absolute atomic E-state index is 0.303. The first-order valence-electron chi connectivity index (χ1n) is 8.19. The Morgan fingerprint density at radius 1 is 1.10 bits per heavy atom. The molecule has 0 amide bonds. The normalized spacial score (nSPS) is 37.8. The van der Waals surface area contributed by atoms with Gasteiger partial charge in [0.05, 0.1) is 12.2 Å². The minimum atomic E-state index is -0.357. The number of ether oxygens (including phenoxy) is 2. The van der Waals surface area contributed by atoms with E-state index < -0.39 is 0 Å². The molecule has 0 bridgehead atoms. The summed E-state index contributed by atoms with van der Waals surface area (Å²) in [6, 6.07) is 10.7. The predicted molar refractivity (Wildman–Crippen MR) is 83.9 cm³/mol. The van der Waals surface area contributed by atoms with Crippen LogP contribution < -0.4 is 0 Å². The molecule has 1 aromatic rings. The number of hydrogen-bond donors (Lipinski definition) is 0. The Labute approximate surface area is 128 Å². The molecular formula is C18H27NO2. The predicted octanol–water partition coefficient (Wildman–Crippen LogP) is 3.44. The maximum atomic E-state index is 6.25. The molecule has 2 aliphatic rings. The van der Waals surface area contributed by atoms with E-state index in [0.717, 1.165) is 32.5 Å². The van der Waals surface area contributed by atoms with E-state index in [1.807, 2.05) is 0 Å². The third-order valence-corrected chi connectivity index (χ3v) is 4.77. The highest BCUT2D eigenvalue weighted by molar-refractivity contribution is 5.14. The van der Waals surface area contributed by atoms with Gasteiger partial charge in [0, 0.05) is 32.0 Å². The summed E-state index contributed by atoms with van der Waals surface area (Å²) in [4.78, 5) is 2.52. The lowest BCUT2D eigenvalue weighted by molar-refractivity contribution is -0.345. The van der Waals surface area contributed by atoms with Crippen LogP contribution in [0.15, 0.2) is 30.3 Å². The number of nitrogens with zero attached hydrogens (tertiary/aromatic N) is 1. The number of likely N-dealkylation sites (tertiary alicyclic amines) is 1. The molecule has 116 valence electrons. The van der Waals surface area contributed by atoms with Gasteiger partial charge < -0.3 is 9.47 Å². The monoisotopic (exact) mass is 289 g/mol. The van der Waals surface area contributed by atoms with Gasteiger partial charge in [-0.2, -0.15) is 0 Å². The van der Waals surface area contributed by atoms with Crippen molar-refractivity contribution in [3.8, 4) is 0 Å². The number of rotatable bonds is 2. The highest BCUT2D eigenvalue weighted by Crippen LogP contribution is 2.39. The molecule has 2 heterocycles. The van der Waals surface area contributed by atoms with E-state index in [-0.39, 0.29) is 5.79 Å². The zero-order valence-corrected chi connectivity index (χ0v) is 13.4. The largest absolute Gasteiger partial charge is 0.346 e. The summed E-state index contributed by atoms with van der Waals surface area (Å²) in [6.45, 7) is 9.70. The Hall–Kier alpha value is -0.900. The fraction of sp³-hybridized carbons (Fsp3) is 0.667. The summed E-state index contributed by atoms with van der Waals surface area (Å²) in [7, 11) is 0. The lowest BCUT2D eigenvalue weighted by atomic mass is 9.90. The van der Waals surface area contributed by atoms with Crippen LogP contribution in [-0.2, 0) is 16.0 Å². The molecule has 3 atom stereocenters. The van der Waals surface area contributed by atoms with Crippen LogP contribution >= 0.6 is 0 Å². The van der Waals surface area contributed by atoms with Crippen molar-refractivity contribution in [3.63, 3.8) is 0 Å². The number of hydrogen-bond acceptors (Lipinski definition) is 3. The molecule has 0 radical (unpaired) electrons. The molecule has 1 spiro atoms. The van der Waals surface area contributed by atoms with Crippen LogP contribution in [0.5, 0.6) is 0 Å². The minimum Gasteiger partial charge on any atom is -0.346 e. The Balaban J connectivity index is 1.64. The molecule has 0 aliphatic carbocycles. The Bertz CT molecular complexity index is 452. The smallest absolute Gasteiger partial charge is 0.173 e. The average molecular weight is 289 g/mol. The van der Waals surface area contributed by atoms with E-state index in [9.17, 15) is 0 Å². The van der Waals surface area contributed by atoms with Crippen LogP contribution in [0.4, 0.5) is 0 Å². The van der Waals surface area contributed by atoms with Gasteiger partial charge in [0.25, 0.3) is 0 Å². The van der Waals surface area contributed by atoms with Crippen LogP contribution in [0.3, 0.4) is 0 Å². The average Bonchev–Trinajstić information content (AvgIpc) is 2.43. The second-order valence-electron chi connectivity index (χ2n) is 6.78. The number of piperidine rings is 1. The van der Waals surface area contributed by atoms with Gasteiger partial charge in [-0.1, -0.05) is 37.3 Å². The maximum absolute atomic E-state index is 6.25. The van der Waals surface area contributed by atoms with Crippen LogP contribution in [0, 0.1) is 5.92 Å². The SMILES string of the molecule is C[C@@H]1C[C@@H](C)OC2(CCN(Cc3ccccc3)C[C@H]2C)O1. The van der Waals surface area contributed by atoms with Gasteiger partial charge in [0.1, 0.15) is 0 Å². The van der Waals surface area contributed by atoms with Crippen LogP contribution in [0.1, 0.15) is 39.2 Å². The van der Waals surface area contributed by atoms with Gasteiger partial charge in [-0.15, -0.1) is 0 Å². The third kappa shape index (κ3) is 3.31. The van der Waals surface area contributed by atoms with E-state index >= 15 is 0 Å². The van der Waals surface area contributed by atoms with Crippen molar-refractivity contribution in [2.75, 3.05) is 13.1 Å². The molecular weight excluding hydrogens is 262 g/mol. The van der Waals surface area contributed by atoms with E-state index in [0.29, 0.717) is 18.1 Å². The van der Waals surface area contributed by atoms with Crippen molar-refractivity contribution in [3.05, 3.63) is 35.9 Å². The van der Waals surface area contributed by atoms with Crippen LogP contribution in [0.2, 0.25) is 0 Å². The van der Waals surface area contributed by atoms with E-state index in [1.54, 1.807) is 0 Å². The van der Waals surface area contributed by atoms with Crippen molar-refractivity contribution in [1.29, 1.82) is 0 Å². The maximum Gasteiger partial charge on any atom is 0.173 e. The molecule has 2 saturated heterocycles.